The fourth-order valence-electron chi connectivity index (χ4n) is 2.57. The van der Waals surface area contributed by atoms with E-state index >= 15 is 0 Å². The standard InChI is InChI=1S/C18H20N4O2S/c1-12-17(13(2)20-18(19-12)22(3)4)21-25(23,24)16-10-9-14-7-5-6-8-15(14)11-16/h5-11,21H,1-4H3. The number of hydrogen-bond acceptors (Lipinski definition) is 5. The fourth-order valence-corrected chi connectivity index (χ4v) is 3.79. The van der Waals surface area contributed by atoms with Gasteiger partial charge in [0.05, 0.1) is 22.0 Å². The summed E-state index contributed by atoms with van der Waals surface area (Å²) in [6.07, 6.45) is 0. The number of fused-ring (bicyclic) bond motifs is 1. The van der Waals surface area contributed by atoms with E-state index in [1.54, 1.807) is 36.9 Å². The van der Waals surface area contributed by atoms with Crippen LogP contribution in [0.2, 0.25) is 0 Å². The van der Waals surface area contributed by atoms with Gasteiger partial charge in [0.25, 0.3) is 10.0 Å². The molecular formula is C18H20N4O2S. The van der Waals surface area contributed by atoms with E-state index in [1.165, 1.54) is 0 Å². The summed E-state index contributed by atoms with van der Waals surface area (Å²) in [7, 11) is -0.0457. The van der Waals surface area contributed by atoms with Crippen molar-refractivity contribution in [2.45, 2.75) is 18.7 Å². The molecule has 0 amide bonds. The molecule has 0 saturated carbocycles. The van der Waals surface area contributed by atoms with E-state index < -0.39 is 10.0 Å². The van der Waals surface area contributed by atoms with Crippen LogP contribution in [-0.4, -0.2) is 32.5 Å². The zero-order chi connectivity index (χ0) is 18.2. The van der Waals surface area contributed by atoms with E-state index in [9.17, 15) is 8.42 Å². The van der Waals surface area contributed by atoms with E-state index in [0.717, 1.165) is 10.8 Å². The zero-order valence-electron chi connectivity index (χ0n) is 14.6. The van der Waals surface area contributed by atoms with Gasteiger partial charge in [-0.3, -0.25) is 4.72 Å². The lowest BCUT2D eigenvalue weighted by molar-refractivity contribution is 0.601. The summed E-state index contributed by atoms with van der Waals surface area (Å²) in [5, 5.41) is 1.87. The summed E-state index contributed by atoms with van der Waals surface area (Å²) in [6.45, 7) is 3.53. The van der Waals surface area contributed by atoms with E-state index in [2.05, 4.69) is 14.7 Å². The van der Waals surface area contributed by atoms with Gasteiger partial charge < -0.3 is 4.90 Å². The normalized spacial score (nSPS) is 11.5. The zero-order valence-corrected chi connectivity index (χ0v) is 15.4. The molecule has 1 N–H and O–H groups in total. The smallest absolute Gasteiger partial charge is 0.262 e. The predicted molar refractivity (Wildman–Crippen MR) is 101 cm³/mol. The monoisotopic (exact) mass is 356 g/mol. The van der Waals surface area contributed by atoms with E-state index in [4.69, 9.17) is 0 Å². The minimum absolute atomic E-state index is 0.210. The van der Waals surface area contributed by atoms with Gasteiger partial charge in [0.1, 0.15) is 0 Å². The van der Waals surface area contributed by atoms with Gasteiger partial charge in [0, 0.05) is 14.1 Å². The largest absolute Gasteiger partial charge is 0.347 e. The van der Waals surface area contributed by atoms with Crippen LogP contribution in [0.25, 0.3) is 10.8 Å². The number of nitrogens with zero attached hydrogens (tertiary/aromatic N) is 3. The Bertz CT molecular complexity index is 1020. The van der Waals surface area contributed by atoms with Crippen LogP contribution < -0.4 is 9.62 Å². The van der Waals surface area contributed by atoms with Crippen molar-refractivity contribution >= 4 is 32.4 Å². The summed E-state index contributed by atoms with van der Waals surface area (Å²) in [6, 6.07) is 12.7. The van der Waals surface area contributed by atoms with Gasteiger partial charge in [-0.2, -0.15) is 0 Å². The Balaban J connectivity index is 2.01. The molecule has 0 atom stereocenters. The molecule has 0 spiro atoms. The number of sulfonamides is 1. The van der Waals surface area contributed by atoms with Crippen molar-refractivity contribution in [3.05, 3.63) is 53.9 Å². The molecule has 3 rings (SSSR count). The second-order valence-electron chi connectivity index (χ2n) is 6.08. The average Bonchev–Trinajstić information content (AvgIpc) is 2.57. The van der Waals surface area contributed by atoms with Crippen molar-refractivity contribution in [3.63, 3.8) is 0 Å². The highest BCUT2D eigenvalue weighted by Gasteiger charge is 2.19. The summed E-state index contributed by atoms with van der Waals surface area (Å²) < 4.78 is 28.2. The molecule has 2 aromatic carbocycles. The molecule has 25 heavy (non-hydrogen) atoms. The van der Waals surface area contributed by atoms with Crippen LogP contribution in [0.1, 0.15) is 11.4 Å². The maximum Gasteiger partial charge on any atom is 0.262 e. The van der Waals surface area contributed by atoms with E-state index in [-0.39, 0.29) is 4.90 Å². The van der Waals surface area contributed by atoms with Crippen molar-refractivity contribution < 1.29 is 8.42 Å². The van der Waals surface area contributed by atoms with Crippen molar-refractivity contribution in [2.75, 3.05) is 23.7 Å². The summed E-state index contributed by atoms with van der Waals surface area (Å²) >= 11 is 0. The number of aryl methyl sites for hydroxylation is 2. The number of nitrogens with one attached hydrogen (secondary N) is 1. The van der Waals surface area contributed by atoms with Gasteiger partial charge in [-0.1, -0.05) is 30.3 Å². The fraction of sp³-hybridized carbons (Fsp3) is 0.222. The maximum atomic E-state index is 12.8. The van der Waals surface area contributed by atoms with Crippen molar-refractivity contribution in [3.8, 4) is 0 Å². The molecule has 1 aromatic heterocycles. The Kier molecular flexibility index (Phi) is 4.34. The van der Waals surface area contributed by atoms with Gasteiger partial charge >= 0.3 is 0 Å². The molecule has 0 fully saturated rings. The molecule has 6 nitrogen and oxygen atoms in total. The highest BCUT2D eigenvalue weighted by Crippen LogP contribution is 2.25. The minimum Gasteiger partial charge on any atom is -0.347 e. The number of rotatable bonds is 4. The molecule has 7 heteroatoms. The van der Waals surface area contributed by atoms with Crippen molar-refractivity contribution in [2.24, 2.45) is 0 Å². The molecule has 0 radical (unpaired) electrons. The van der Waals surface area contributed by atoms with Crippen LogP contribution >= 0.6 is 0 Å². The molecule has 0 saturated heterocycles. The van der Waals surface area contributed by atoms with Gasteiger partial charge in [-0.25, -0.2) is 18.4 Å². The first-order valence-corrected chi connectivity index (χ1v) is 9.30. The van der Waals surface area contributed by atoms with E-state index in [0.29, 0.717) is 23.0 Å². The van der Waals surface area contributed by atoms with Crippen LogP contribution in [-0.2, 0) is 10.0 Å². The molecule has 3 aromatic rings. The first-order valence-electron chi connectivity index (χ1n) is 7.82. The van der Waals surface area contributed by atoms with E-state index in [1.807, 2.05) is 38.4 Å². The van der Waals surface area contributed by atoms with Crippen molar-refractivity contribution in [1.29, 1.82) is 0 Å². The third kappa shape index (κ3) is 3.41. The number of anilines is 2. The number of aromatic nitrogens is 2. The molecule has 0 aliphatic heterocycles. The third-order valence-electron chi connectivity index (χ3n) is 3.93. The van der Waals surface area contributed by atoms with Gasteiger partial charge in [0.2, 0.25) is 5.95 Å². The maximum absolute atomic E-state index is 12.8. The molecular weight excluding hydrogens is 336 g/mol. The van der Waals surface area contributed by atoms with Gasteiger partial charge in [-0.05, 0) is 36.8 Å². The van der Waals surface area contributed by atoms with Crippen LogP contribution in [0.15, 0.2) is 47.4 Å². The lowest BCUT2D eigenvalue weighted by Crippen LogP contribution is -2.18. The second kappa shape index (κ2) is 6.33. The quantitative estimate of drug-likeness (QED) is 0.777. The molecule has 0 bridgehead atoms. The first kappa shape index (κ1) is 17.2. The Labute approximate surface area is 147 Å². The van der Waals surface area contributed by atoms with Crippen molar-refractivity contribution in [1.82, 2.24) is 9.97 Å². The molecule has 0 aliphatic rings. The molecule has 1 heterocycles. The average molecular weight is 356 g/mol. The van der Waals surface area contributed by atoms with Crippen LogP contribution in [0.5, 0.6) is 0 Å². The number of hydrogen-bond donors (Lipinski definition) is 1. The third-order valence-corrected chi connectivity index (χ3v) is 5.27. The van der Waals surface area contributed by atoms with Gasteiger partial charge in [-0.15, -0.1) is 0 Å². The topological polar surface area (TPSA) is 75.2 Å². The summed E-state index contributed by atoms with van der Waals surface area (Å²) in [4.78, 5) is 10.7. The Hall–Kier alpha value is -2.67. The predicted octanol–water partition coefficient (Wildman–Crippen LogP) is 3.11. The summed E-state index contributed by atoms with van der Waals surface area (Å²) in [5.41, 5.74) is 1.58. The highest BCUT2D eigenvalue weighted by atomic mass is 32.2. The first-order chi connectivity index (χ1) is 11.8. The summed E-state index contributed by atoms with van der Waals surface area (Å²) in [5.74, 6) is 0.545. The van der Waals surface area contributed by atoms with Gasteiger partial charge in [0.15, 0.2) is 0 Å². The highest BCUT2D eigenvalue weighted by molar-refractivity contribution is 7.92. The SMILES string of the molecule is Cc1nc(N(C)C)nc(C)c1NS(=O)(=O)c1ccc2ccccc2c1. The van der Waals surface area contributed by atoms with Crippen LogP contribution in [0.4, 0.5) is 11.6 Å². The van der Waals surface area contributed by atoms with Crippen LogP contribution in [0, 0.1) is 13.8 Å². The second-order valence-corrected chi connectivity index (χ2v) is 7.76. The lowest BCUT2D eigenvalue weighted by Gasteiger charge is -2.16. The number of benzene rings is 2. The molecule has 0 unspecified atom stereocenters. The molecule has 130 valence electrons. The Morgan fingerprint density at radius 3 is 2.12 bits per heavy atom. The van der Waals surface area contributed by atoms with Crippen LogP contribution in [0.3, 0.4) is 0 Å². The Morgan fingerprint density at radius 1 is 0.920 bits per heavy atom. The lowest BCUT2D eigenvalue weighted by atomic mass is 10.1. The minimum atomic E-state index is -3.73. The Morgan fingerprint density at radius 2 is 1.52 bits per heavy atom. The molecule has 0 aliphatic carbocycles.